The van der Waals surface area contributed by atoms with E-state index in [1.54, 1.807) is 13.8 Å². The molecule has 0 fully saturated rings. The summed E-state index contributed by atoms with van der Waals surface area (Å²) in [6.07, 6.45) is 1.52. The van der Waals surface area contributed by atoms with Crippen LogP contribution in [0.5, 0.6) is 0 Å². The fraction of sp³-hybridized carbons (Fsp3) is 0.500. The molecule has 0 atom stereocenters. The minimum Gasteiger partial charge on any atom is -0.396 e. The van der Waals surface area contributed by atoms with Crippen LogP contribution in [0.2, 0.25) is 5.15 Å². The van der Waals surface area contributed by atoms with Gasteiger partial charge in [0.2, 0.25) is 10.0 Å². The zero-order chi connectivity index (χ0) is 13.1. The second-order valence-electron chi connectivity index (χ2n) is 4.28. The number of hydrogen-bond acceptors (Lipinski definition) is 4. The van der Waals surface area contributed by atoms with Crippen LogP contribution in [0.4, 0.5) is 0 Å². The van der Waals surface area contributed by atoms with Gasteiger partial charge in [-0.1, -0.05) is 11.6 Å². The Labute approximate surface area is 106 Å². The standard InChI is InChI=1S/C10H15ClN2O3S/c1-10(2,5-6-14)13-17(15,16)8-3-4-9(11)12-7-8/h3-4,7,13-14H,5-6H2,1-2H3. The van der Waals surface area contributed by atoms with Gasteiger partial charge in [-0.05, 0) is 32.4 Å². The maximum absolute atomic E-state index is 12.0. The smallest absolute Gasteiger partial charge is 0.242 e. The van der Waals surface area contributed by atoms with Gasteiger partial charge in [0.15, 0.2) is 0 Å². The maximum atomic E-state index is 12.0. The van der Waals surface area contributed by atoms with Crippen molar-refractivity contribution >= 4 is 21.6 Å². The summed E-state index contributed by atoms with van der Waals surface area (Å²) in [5, 5.41) is 9.08. The fourth-order valence-corrected chi connectivity index (χ4v) is 2.77. The topological polar surface area (TPSA) is 79.3 Å². The van der Waals surface area contributed by atoms with Gasteiger partial charge in [-0.25, -0.2) is 18.1 Å². The minimum atomic E-state index is -3.64. The third-order valence-corrected chi connectivity index (χ3v) is 4.06. The summed E-state index contributed by atoms with van der Waals surface area (Å²) < 4.78 is 26.4. The van der Waals surface area contributed by atoms with Crippen LogP contribution in [0.15, 0.2) is 23.2 Å². The number of aliphatic hydroxyl groups is 1. The summed E-state index contributed by atoms with van der Waals surface area (Å²) in [5.74, 6) is 0. The van der Waals surface area contributed by atoms with Gasteiger partial charge in [0.1, 0.15) is 10.0 Å². The van der Waals surface area contributed by atoms with Gasteiger partial charge in [-0.15, -0.1) is 0 Å². The van der Waals surface area contributed by atoms with E-state index >= 15 is 0 Å². The predicted molar refractivity (Wildman–Crippen MR) is 65.4 cm³/mol. The lowest BCUT2D eigenvalue weighted by atomic mass is 10.0. The lowest BCUT2D eigenvalue weighted by Gasteiger charge is -2.24. The first kappa shape index (κ1) is 14.4. The Morgan fingerprint density at radius 2 is 2.12 bits per heavy atom. The molecule has 0 aliphatic heterocycles. The van der Waals surface area contributed by atoms with Gasteiger partial charge in [0, 0.05) is 18.3 Å². The molecule has 0 bridgehead atoms. The van der Waals surface area contributed by atoms with E-state index in [4.69, 9.17) is 16.7 Å². The van der Waals surface area contributed by atoms with Gasteiger partial charge >= 0.3 is 0 Å². The lowest BCUT2D eigenvalue weighted by Crippen LogP contribution is -2.43. The van der Waals surface area contributed by atoms with E-state index in [0.717, 1.165) is 0 Å². The molecular formula is C10H15ClN2O3S. The molecule has 1 aromatic heterocycles. The molecule has 0 spiro atoms. The molecule has 0 aliphatic rings. The summed E-state index contributed by atoms with van der Waals surface area (Å²) in [6, 6.07) is 2.79. The van der Waals surface area contributed by atoms with Gasteiger partial charge < -0.3 is 5.11 Å². The van der Waals surface area contributed by atoms with Crippen molar-refractivity contribution in [1.82, 2.24) is 9.71 Å². The van der Waals surface area contributed by atoms with Crippen LogP contribution < -0.4 is 4.72 Å². The number of pyridine rings is 1. The first-order chi connectivity index (χ1) is 7.77. The largest absolute Gasteiger partial charge is 0.396 e. The predicted octanol–water partition coefficient (Wildman–Crippen LogP) is 1.17. The number of rotatable bonds is 5. The lowest BCUT2D eigenvalue weighted by molar-refractivity contribution is 0.245. The van der Waals surface area contributed by atoms with Crippen molar-refractivity contribution in [2.24, 2.45) is 0 Å². The molecule has 0 saturated heterocycles. The highest BCUT2D eigenvalue weighted by atomic mass is 35.5. The van der Waals surface area contributed by atoms with Crippen molar-refractivity contribution in [2.75, 3.05) is 6.61 Å². The monoisotopic (exact) mass is 278 g/mol. The molecule has 1 aromatic rings. The molecule has 5 nitrogen and oxygen atoms in total. The minimum absolute atomic E-state index is 0.0490. The van der Waals surface area contributed by atoms with Gasteiger partial charge in [-0.3, -0.25) is 0 Å². The zero-order valence-corrected chi connectivity index (χ0v) is 11.2. The number of halogens is 1. The molecule has 0 amide bonds. The van der Waals surface area contributed by atoms with E-state index in [1.165, 1.54) is 18.3 Å². The molecule has 0 aromatic carbocycles. The van der Waals surface area contributed by atoms with Crippen LogP contribution in [0.3, 0.4) is 0 Å². The third kappa shape index (κ3) is 4.23. The summed E-state index contributed by atoms with van der Waals surface area (Å²) in [7, 11) is -3.64. The first-order valence-corrected chi connectivity index (χ1v) is 6.89. The zero-order valence-electron chi connectivity index (χ0n) is 9.64. The Morgan fingerprint density at radius 3 is 2.59 bits per heavy atom. The Kier molecular flexibility index (Phi) is 4.48. The Hall–Kier alpha value is -0.690. The van der Waals surface area contributed by atoms with Crippen LogP contribution in [0.25, 0.3) is 0 Å². The highest BCUT2D eigenvalue weighted by molar-refractivity contribution is 7.89. The second-order valence-corrected chi connectivity index (χ2v) is 6.35. The molecule has 0 aliphatic carbocycles. The quantitative estimate of drug-likeness (QED) is 0.793. The molecule has 0 saturated carbocycles. The number of nitrogens with one attached hydrogen (secondary N) is 1. The van der Waals surface area contributed by atoms with Crippen molar-refractivity contribution < 1.29 is 13.5 Å². The first-order valence-electron chi connectivity index (χ1n) is 5.03. The number of nitrogens with zero attached hydrogens (tertiary/aromatic N) is 1. The van der Waals surface area contributed by atoms with Crippen molar-refractivity contribution in [3.63, 3.8) is 0 Å². The SMILES string of the molecule is CC(C)(CCO)NS(=O)(=O)c1ccc(Cl)nc1. The van der Waals surface area contributed by atoms with Gasteiger partial charge in [0.05, 0.1) is 0 Å². The van der Waals surface area contributed by atoms with Crippen molar-refractivity contribution in [3.8, 4) is 0 Å². The van der Waals surface area contributed by atoms with E-state index in [0.29, 0.717) is 6.42 Å². The van der Waals surface area contributed by atoms with Crippen molar-refractivity contribution in [1.29, 1.82) is 0 Å². The third-order valence-electron chi connectivity index (χ3n) is 2.16. The van der Waals surface area contributed by atoms with Crippen LogP contribution >= 0.6 is 11.6 Å². The van der Waals surface area contributed by atoms with E-state index in [2.05, 4.69) is 9.71 Å². The van der Waals surface area contributed by atoms with Gasteiger partial charge in [-0.2, -0.15) is 0 Å². The van der Waals surface area contributed by atoms with Crippen LogP contribution in [0, 0.1) is 0 Å². The van der Waals surface area contributed by atoms with Crippen LogP contribution in [0.1, 0.15) is 20.3 Å². The Morgan fingerprint density at radius 1 is 1.47 bits per heavy atom. The summed E-state index contributed by atoms with van der Waals surface area (Å²) in [6.45, 7) is 3.31. The van der Waals surface area contributed by atoms with Crippen molar-refractivity contribution in [2.45, 2.75) is 30.7 Å². The van der Waals surface area contributed by atoms with Crippen LogP contribution in [-0.2, 0) is 10.0 Å². The number of sulfonamides is 1. The van der Waals surface area contributed by atoms with Gasteiger partial charge in [0.25, 0.3) is 0 Å². The molecule has 7 heteroatoms. The molecule has 17 heavy (non-hydrogen) atoms. The van der Waals surface area contributed by atoms with E-state index in [9.17, 15) is 8.42 Å². The van der Waals surface area contributed by atoms with E-state index in [1.807, 2.05) is 0 Å². The number of aliphatic hydroxyl groups excluding tert-OH is 1. The summed E-state index contributed by atoms with van der Waals surface area (Å²) in [4.78, 5) is 3.77. The molecule has 96 valence electrons. The van der Waals surface area contributed by atoms with E-state index < -0.39 is 15.6 Å². The van der Waals surface area contributed by atoms with Crippen molar-refractivity contribution in [3.05, 3.63) is 23.5 Å². The molecule has 0 unspecified atom stereocenters. The molecular weight excluding hydrogens is 264 g/mol. The highest BCUT2D eigenvalue weighted by Gasteiger charge is 2.25. The average molecular weight is 279 g/mol. The molecule has 1 heterocycles. The normalized spacial score (nSPS) is 12.7. The Bertz CT molecular complexity index is 471. The number of aromatic nitrogens is 1. The summed E-state index contributed by atoms with van der Waals surface area (Å²) >= 11 is 5.59. The van der Waals surface area contributed by atoms with E-state index in [-0.39, 0.29) is 16.7 Å². The molecule has 2 N–H and O–H groups in total. The maximum Gasteiger partial charge on any atom is 0.242 e. The fourth-order valence-electron chi connectivity index (χ4n) is 1.27. The second kappa shape index (κ2) is 5.30. The molecule has 1 rings (SSSR count). The Balaban J connectivity index is 2.93. The molecule has 0 radical (unpaired) electrons. The number of hydrogen-bond donors (Lipinski definition) is 2. The van der Waals surface area contributed by atoms with Crippen LogP contribution in [-0.4, -0.2) is 30.7 Å². The summed E-state index contributed by atoms with van der Waals surface area (Å²) in [5.41, 5.74) is -0.715. The highest BCUT2D eigenvalue weighted by Crippen LogP contribution is 2.15. The average Bonchev–Trinajstić information content (AvgIpc) is 2.16.